The van der Waals surface area contributed by atoms with Crippen LogP contribution in [-0.4, -0.2) is 27.0 Å². The van der Waals surface area contributed by atoms with Crippen LogP contribution in [0.5, 0.6) is 0 Å². The lowest BCUT2D eigenvalue weighted by Gasteiger charge is -2.21. The van der Waals surface area contributed by atoms with Crippen molar-refractivity contribution in [2.45, 2.75) is 25.8 Å². The van der Waals surface area contributed by atoms with E-state index in [4.69, 9.17) is 0 Å². The molecule has 1 aliphatic heterocycles. The monoisotopic (exact) mass is 393 g/mol. The summed E-state index contributed by atoms with van der Waals surface area (Å²) in [7, 11) is 0. The van der Waals surface area contributed by atoms with Crippen LogP contribution < -0.4 is 10.6 Å². The molecule has 1 aliphatic rings. The molecule has 0 radical (unpaired) electrons. The minimum absolute atomic E-state index is 0. The molecule has 0 fully saturated rings. The molecule has 8 heteroatoms. The Morgan fingerprint density at radius 3 is 2.88 bits per heavy atom. The van der Waals surface area contributed by atoms with E-state index in [9.17, 15) is 4.79 Å². The number of halogens is 2. The second kappa shape index (κ2) is 8.38. The standard InChI is InChI=1S/C18H19N5O.2ClH/c1-12(17-22-21-16-9-2-3-11-23(16)17)20-18(24)14-6-4-8-15-13(14)7-5-10-19-15;;/h2-4,6,8-9,11-12,19H,5,7,10H2,1H3,(H,20,24);2*1H. The molecule has 0 saturated heterocycles. The highest BCUT2D eigenvalue weighted by molar-refractivity contribution is 5.97. The molecule has 6 nitrogen and oxygen atoms in total. The molecule has 2 N–H and O–H groups in total. The summed E-state index contributed by atoms with van der Waals surface area (Å²) >= 11 is 0. The van der Waals surface area contributed by atoms with Crippen molar-refractivity contribution in [2.75, 3.05) is 11.9 Å². The van der Waals surface area contributed by atoms with Gasteiger partial charge in [-0.1, -0.05) is 12.1 Å². The third kappa shape index (κ3) is 3.61. The number of amides is 1. The summed E-state index contributed by atoms with van der Waals surface area (Å²) in [5.74, 6) is 0.651. The van der Waals surface area contributed by atoms with Crippen LogP contribution >= 0.6 is 24.8 Å². The van der Waals surface area contributed by atoms with Crippen LogP contribution in [0, 0.1) is 0 Å². The van der Waals surface area contributed by atoms with Gasteiger partial charge in [-0.05, 0) is 49.6 Å². The predicted molar refractivity (Wildman–Crippen MR) is 107 cm³/mol. The minimum Gasteiger partial charge on any atom is -0.385 e. The van der Waals surface area contributed by atoms with Gasteiger partial charge in [0.25, 0.3) is 5.91 Å². The van der Waals surface area contributed by atoms with Crippen LogP contribution in [0.15, 0.2) is 42.6 Å². The normalized spacial score (nSPS) is 13.6. The molecule has 1 atom stereocenters. The first-order chi connectivity index (χ1) is 11.7. The molecule has 0 bridgehead atoms. The van der Waals surface area contributed by atoms with Gasteiger partial charge in [0, 0.05) is 24.0 Å². The third-order valence-corrected chi connectivity index (χ3v) is 4.41. The lowest BCUT2D eigenvalue weighted by atomic mass is 9.97. The molecule has 138 valence electrons. The summed E-state index contributed by atoms with van der Waals surface area (Å²) in [6.07, 6.45) is 3.87. The Morgan fingerprint density at radius 1 is 1.19 bits per heavy atom. The highest BCUT2D eigenvalue weighted by Gasteiger charge is 2.21. The van der Waals surface area contributed by atoms with Crippen molar-refractivity contribution in [3.63, 3.8) is 0 Å². The number of nitrogens with one attached hydrogen (secondary N) is 2. The molecule has 3 heterocycles. The number of pyridine rings is 1. The van der Waals surface area contributed by atoms with E-state index in [0.717, 1.165) is 47.7 Å². The van der Waals surface area contributed by atoms with E-state index in [1.54, 1.807) is 0 Å². The predicted octanol–water partition coefficient (Wildman–Crippen LogP) is 3.42. The topological polar surface area (TPSA) is 71.3 Å². The van der Waals surface area contributed by atoms with E-state index in [0.29, 0.717) is 0 Å². The fourth-order valence-electron chi connectivity index (χ4n) is 3.22. The van der Waals surface area contributed by atoms with Crippen molar-refractivity contribution in [2.24, 2.45) is 0 Å². The first-order valence-corrected chi connectivity index (χ1v) is 8.20. The number of benzene rings is 1. The summed E-state index contributed by atoms with van der Waals surface area (Å²) in [6, 6.07) is 11.3. The number of rotatable bonds is 3. The molecule has 0 spiro atoms. The van der Waals surface area contributed by atoms with Crippen LogP contribution in [0.25, 0.3) is 5.65 Å². The van der Waals surface area contributed by atoms with Gasteiger partial charge in [0.05, 0.1) is 6.04 Å². The third-order valence-electron chi connectivity index (χ3n) is 4.41. The van der Waals surface area contributed by atoms with E-state index in [1.807, 2.05) is 53.9 Å². The maximum absolute atomic E-state index is 12.8. The van der Waals surface area contributed by atoms with Gasteiger partial charge >= 0.3 is 0 Å². The maximum atomic E-state index is 12.8. The Hall–Kier alpha value is -2.31. The Morgan fingerprint density at radius 2 is 2.04 bits per heavy atom. The molecule has 1 unspecified atom stereocenters. The van der Waals surface area contributed by atoms with E-state index < -0.39 is 0 Å². The van der Waals surface area contributed by atoms with Gasteiger partial charge in [-0.2, -0.15) is 0 Å². The van der Waals surface area contributed by atoms with Gasteiger partial charge in [-0.3, -0.25) is 9.20 Å². The average molecular weight is 394 g/mol. The van der Waals surface area contributed by atoms with Gasteiger partial charge in [-0.25, -0.2) is 0 Å². The van der Waals surface area contributed by atoms with E-state index >= 15 is 0 Å². The molecule has 1 aromatic carbocycles. The molecule has 1 amide bonds. The summed E-state index contributed by atoms with van der Waals surface area (Å²) in [4.78, 5) is 12.8. The lowest BCUT2D eigenvalue weighted by Crippen LogP contribution is -2.29. The lowest BCUT2D eigenvalue weighted by molar-refractivity contribution is 0.0937. The van der Waals surface area contributed by atoms with Crippen LogP contribution in [0.2, 0.25) is 0 Å². The van der Waals surface area contributed by atoms with Crippen LogP contribution in [-0.2, 0) is 6.42 Å². The van der Waals surface area contributed by atoms with E-state index in [2.05, 4.69) is 20.8 Å². The summed E-state index contributed by atoms with van der Waals surface area (Å²) in [5, 5.41) is 14.8. The van der Waals surface area contributed by atoms with Crippen molar-refractivity contribution in [1.29, 1.82) is 0 Å². The first-order valence-electron chi connectivity index (χ1n) is 8.20. The SMILES string of the molecule is CC(NC(=O)c1cccc2c1CCCN2)c1nnc2ccccn12.Cl.Cl. The first kappa shape index (κ1) is 20.0. The van der Waals surface area contributed by atoms with Crippen molar-refractivity contribution >= 4 is 42.1 Å². The number of anilines is 1. The number of hydrogen-bond donors (Lipinski definition) is 2. The Balaban J connectivity index is 0.00000121. The quantitative estimate of drug-likeness (QED) is 0.714. The fraction of sp³-hybridized carbons (Fsp3) is 0.278. The molecule has 2 aromatic heterocycles. The van der Waals surface area contributed by atoms with E-state index in [-0.39, 0.29) is 36.8 Å². The molecular formula is C18H21Cl2N5O. The molecule has 4 rings (SSSR count). The van der Waals surface area contributed by atoms with Crippen LogP contribution in [0.1, 0.15) is 41.1 Å². The zero-order chi connectivity index (χ0) is 16.5. The maximum Gasteiger partial charge on any atom is 0.252 e. The number of aromatic nitrogens is 3. The number of fused-ring (bicyclic) bond motifs is 2. The van der Waals surface area contributed by atoms with Crippen LogP contribution in [0.4, 0.5) is 5.69 Å². The van der Waals surface area contributed by atoms with Gasteiger partial charge in [0.2, 0.25) is 0 Å². The zero-order valence-electron chi connectivity index (χ0n) is 14.3. The highest BCUT2D eigenvalue weighted by Crippen LogP contribution is 2.25. The fourth-order valence-corrected chi connectivity index (χ4v) is 3.22. The molecular weight excluding hydrogens is 373 g/mol. The number of carbonyl (C=O) groups excluding carboxylic acids is 1. The number of carbonyl (C=O) groups is 1. The van der Waals surface area contributed by atoms with Crippen LogP contribution in [0.3, 0.4) is 0 Å². The molecule has 26 heavy (non-hydrogen) atoms. The molecule has 0 saturated carbocycles. The second-order valence-electron chi connectivity index (χ2n) is 6.04. The van der Waals surface area contributed by atoms with Crippen molar-refractivity contribution in [3.05, 3.63) is 59.5 Å². The smallest absolute Gasteiger partial charge is 0.252 e. The minimum atomic E-state index is -0.234. The highest BCUT2D eigenvalue weighted by atomic mass is 35.5. The Bertz CT molecular complexity index is 911. The summed E-state index contributed by atoms with van der Waals surface area (Å²) in [5.41, 5.74) is 3.67. The van der Waals surface area contributed by atoms with Crippen molar-refractivity contribution in [1.82, 2.24) is 19.9 Å². The largest absolute Gasteiger partial charge is 0.385 e. The zero-order valence-corrected chi connectivity index (χ0v) is 15.9. The summed E-state index contributed by atoms with van der Waals surface area (Å²) < 4.78 is 1.90. The van der Waals surface area contributed by atoms with E-state index in [1.165, 1.54) is 0 Å². The van der Waals surface area contributed by atoms with Gasteiger partial charge in [0.15, 0.2) is 11.5 Å². The number of hydrogen-bond acceptors (Lipinski definition) is 4. The van der Waals surface area contributed by atoms with Crippen molar-refractivity contribution in [3.8, 4) is 0 Å². The van der Waals surface area contributed by atoms with Gasteiger partial charge in [0.1, 0.15) is 0 Å². The average Bonchev–Trinajstić information content (AvgIpc) is 3.05. The number of nitrogens with zero attached hydrogens (tertiary/aromatic N) is 3. The molecule has 0 aliphatic carbocycles. The van der Waals surface area contributed by atoms with Gasteiger partial charge < -0.3 is 10.6 Å². The van der Waals surface area contributed by atoms with Gasteiger partial charge in [-0.15, -0.1) is 35.0 Å². The Kier molecular flexibility index (Phi) is 6.45. The van der Waals surface area contributed by atoms with Crippen molar-refractivity contribution < 1.29 is 4.79 Å². The summed E-state index contributed by atoms with van der Waals surface area (Å²) in [6.45, 7) is 2.88. The Labute approximate surface area is 164 Å². The second-order valence-corrected chi connectivity index (χ2v) is 6.04. The molecule has 3 aromatic rings.